The number of aryl methyl sites for hydroxylation is 4. The molecule has 3 heterocycles. The number of hydrogen-bond donors (Lipinski definition) is 0. The summed E-state index contributed by atoms with van der Waals surface area (Å²) in [7, 11) is -1.12. The largest absolute Gasteiger partial charge is 0.571 e. The van der Waals surface area contributed by atoms with Crippen molar-refractivity contribution in [2.45, 2.75) is 41.5 Å². The van der Waals surface area contributed by atoms with Crippen molar-refractivity contribution < 1.29 is 19.5 Å². The van der Waals surface area contributed by atoms with Crippen LogP contribution in [0.4, 0.5) is 0 Å². The molecule has 1 aliphatic rings. The fraction of sp³-hybridized carbons (Fsp3) is 0.118. The van der Waals surface area contributed by atoms with Crippen LogP contribution < -0.4 is 31.8 Å². The molecule has 2 radical (unpaired) electrons. The maximum absolute atomic E-state index is 4.66. The molecule has 0 bridgehead atoms. The van der Waals surface area contributed by atoms with E-state index < -0.39 is 15.8 Å². The summed E-state index contributed by atoms with van der Waals surface area (Å²) in [6.45, 7) is 12.2. The second kappa shape index (κ2) is 22.0. The smallest absolute Gasteiger partial charge is 0.529 e. The molecule has 2 aromatic heterocycles. The number of benzene rings is 6. The van der Waals surface area contributed by atoms with Gasteiger partial charge in [0.05, 0.1) is 11.4 Å². The molecule has 0 N–H and O–H groups in total. The zero-order valence-electron chi connectivity index (χ0n) is 35.5. The van der Waals surface area contributed by atoms with Crippen LogP contribution in [0.25, 0.3) is 5.43 Å². The van der Waals surface area contributed by atoms with Crippen LogP contribution >= 0.6 is 15.8 Å². The van der Waals surface area contributed by atoms with Crippen LogP contribution in [0.15, 0.2) is 206 Å². The van der Waals surface area contributed by atoms with Crippen molar-refractivity contribution >= 4 is 54.8 Å². The number of allylic oxidation sites excluding steroid dienone is 1. The first-order valence-electron chi connectivity index (χ1n) is 20.3. The molecule has 0 atom stereocenters. The van der Waals surface area contributed by atoms with Crippen molar-refractivity contribution in [1.29, 1.82) is 0 Å². The minimum atomic E-state index is -0.446. The average molecular weight is 924 g/mol. The van der Waals surface area contributed by atoms with Crippen LogP contribution in [-0.2, 0) is 19.5 Å². The minimum absolute atomic E-state index is 0. The number of hydrogen-bond acceptors (Lipinski definition) is 3. The maximum Gasteiger partial charge on any atom is 0.529 e. The standard InChI is InChI=1S/2C18H15P.C15H21BN6.Rh/c2*1-4-10-16(11-5-1)19(17-12-6-2-7-13-17)18-14-8-3-9-15-18;1-10-7-13(4)20(17-10)16(21-14(5)8-11(2)18-21)22-15(6)9-12(3)19-22;/h2*1-15H;7-9H,1-6H3;/q;;-1;. The van der Waals surface area contributed by atoms with E-state index in [0.717, 1.165) is 34.5 Å². The van der Waals surface area contributed by atoms with E-state index in [0.29, 0.717) is 0 Å². The van der Waals surface area contributed by atoms with E-state index in [1.807, 2.05) is 34.9 Å². The van der Waals surface area contributed by atoms with Gasteiger partial charge in [0.2, 0.25) is 0 Å². The van der Waals surface area contributed by atoms with E-state index >= 15 is 0 Å². The van der Waals surface area contributed by atoms with E-state index in [-0.39, 0.29) is 26.6 Å². The molecule has 0 saturated heterocycles. The Hall–Kier alpha value is -5.21. The Bertz CT molecular complexity index is 2200. The molecule has 8 aromatic rings. The van der Waals surface area contributed by atoms with Gasteiger partial charge in [0.1, 0.15) is 0 Å². The molecule has 10 heteroatoms. The van der Waals surface area contributed by atoms with Crippen LogP contribution in [0.5, 0.6) is 0 Å². The second-order valence-electron chi connectivity index (χ2n) is 14.6. The van der Waals surface area contributed by atoms with E-state index in [9.17, 15) is 0 Å². The molecular formula is C51H51BN6P2Rh-. The number of aromatic nitrogens is 4. The van der Waals surface area contributed by atoms with E-state index in [4.69, 9.17) is 0 Å². The van der Waals surface area contributed by atoms with Gasteiger partial charge >= 0.3 is 7.12 Å². The summed E-state index contributed by atoms with van der Waals surface area (Å²) in [6.07, 6.45) is 2.07. The Labute approximate surface area is 378 Å². The normalized spacial score (nSPS) is 12.2. The predicted molar refractivity (Wildman–Crippen MR) is 258 cm³/mol. The van der Waals surface area contributed by atoms with Gasteiger partial charge in [0.25, 0.3) is 0 Å². The molecule has 9 rings (SSSR count). The Balaban J connectivity index is 0.000000152. The maximum atomic E-state index is 4.66. The van der Waals surface area contributed by atoms with Gasteiger partial charge < -0.3 is 10.3 Å². The van der Waals surface area contributed by atoms with E-state index in [2.05, 4.69) is 237 Å². The van der Waals surface area contributed by atoms with Crippen molar-refractivity contribution in [2.75, 3.05) is 0 Å². The molecule has 0 unspecified atom stereocenters. The third-order valence-electron chi connectivity index (χ3n) is 9.88. The molecule has 0 fully saturated rings. The van der Waals surface area contributed by atoms with Crippen LogP contribution in [0.2, 0.25) is 0 Å². The Morgan fingerprint density at radius 1 is 0.410 bits per heavy atom. The minimum Gasteiger partial charge on any atom is -0.571 e. The van der Waals surface area contributed by atoms with Gasteiger partial charge in [-0.3, -0.25) is 9.19 Å². The van der Waals surface area contributed by atoms with Gasteiger partial charge in [-0.2, -0.15) is 10.2 Å². The molecule has 6 nitrogen and oxygen atoms in total. The molecule has 6 aromatic carbocycles. The Morgan fingerprint density at radius 3 is 0.869 bits per heavy atom. The zero-order chi connectivity index (χ0) is 41.8. The van der Waals surface area contributed by atoms with Crippen molar-refractivity contribution in [1.82, 2.24) is 24.3 Å². The van der Waals surface area contributed by atoms with Gasteiger partial charge in [0.15, 0.2) is 0 Å². The third kappa shape index (κ3) is 11.6. The fourth-order valence-corrected chi connectivity index (χ4v) is 11.9. The topological polar surface area (TPSA) is 53.0 Å². The summed E-state index contributed by atoms with van der Waals surface area (Å²) in [5.41, 5.74) is 9.90. The zero-order valence-corrected chi connectivity index (χ0v) is 39.0. The molecule has 0 spiro atoms. The quantitative estimate of drug-likeness (QED) is 0.107. The van der Waals surface area contributed by atoms with Crippen molar-refractivity contribution in [3.63, 3.8) is 0 Å². The van der Waals surface area contributed by atoms with Crippen LogP contribution in [0.3, 0.4) is 0 Å². The summed E-state index contributed by atoms with van der Waals surface area (Å²) in [6, 6.07) is 69.8. The molecule has 308 valence electrons. The van der Waals surface area contributed by atoms with Gasteiger partial charge in [-0.25, -0.2) is 0 Å². The Kier molecular flexibility index (Phi) is 16.4. The molecular weight excluding hydrogens is 872 g/mol. The average Bonchev–Trinajstić information content (AvgIpc) is 3.93. The third-order valence-corrected chi connectivity index (χ3v) is 14.8. The molecule has 0 saturated carbocycles. The van der Waals surface area contributed by atoms with Gasteiger partial charge in [0, 0.05) is 30.9 Å². The SMILES string of the molecule is C[C]1C=C(C)N(B(n2nc(C)cc2C)n2nc(C)cc2C)[N-]1.[Rh].c1ccc(P(c2ccccc2)c2ccccc2)cc1.c1ccc(P(c2ccccc2)c2ccccc2)cc1. The Morgan fingerprint density at radius 2 is 0.672 bits per heavy atom. The van der Waals surface area contributed by atoms with E-state index in [1.54, 1.807) is 0 Å². The monoisotopic (exact) mass is 923 g/mol. The molecule has 1 aliphatic heterocycles. The first-order valence-corrected chi connectivity index (χ1v) is 22.9. The van der Waals surface area contributed by atoms with Crippen LogP contribution in [0.1, 0.15) is 36.6 Å². The summed E-state index contributed by atoms with van der Waals surface area (Å²) in [5, 5.41) is 17.7. The number of nitrogens with zero attached hydrogens (tertiary/aromatic N) is 6. The molecule has 61 heavy (non-hydrogen) atoms. The van der Waals surface area contributed by atoms with Gasteiger partial charge in [-0.05, 0) is 100 Å². The summed E-state index contributed by atoms with van der Waals surface area (Å²) in [5.74, 6) is 0. The first kappa shape index (κ1) is 45.3. The van der Waals surface area contributed by atoms with Crippen molar-refractivity contribution in [2.24, 2.45) is 0 Å². The summed E-state index contributed by atoms with van der Waals surface area (Å²) in [4.78, 5) is 1.98. The second-order valence-corrected chi connectivity index (χ2v) is 19.1. The van der Waals surface area contributed by atoms with Gasteiger partial charge in [-0.1, -0.05) is 195 Å². The predicted octanol–water partition coefficient (Wildman–Crippen LogP) is 9.64. The van der Waals surface area contributed by atoms with Crippen molar-refractivity contribution in [3.05, 3.63) is 240 Å². The summed E-state index contributed by atoms with van der Waals surface area (Å²) < 4.78 is 3.96. The van der Waals surface area contributed by atoms with Gasteiger partial charge in [-0.15, -0.1) is 6.04 Å². The number of rotatable bonds is 9. The molecule has 0 aliphatic carbocycles. The van der Waals surface area contributed by atoms with E-state index in [1.165, 1.54) is 31.8 Å². The van der Waals surface area contributed by atoms with Crippen molar-refractivity contribution in [3.8, 4) is 0 Å². The fourth-order valence-electron chi connectivity index (χ4n) is 7.31. The summed E-state index contributed by atoms with van der Waals surface area (Å²) >= 11 is 0. The first-order chi connectivity index (χ1) is 29.3. The molecule has 0 amide bonds. The van der Waals surface area contributed by atoms with Crippen LogP contribution in [-0.4, -0.2) is 31.4 Å². The van der Waals surface area contributed by atoms with Crippen LogP contribution in [0, 0.1) is 33.7 Å².